The summed E-state index contributed by atoms with van der Waals surface area (Å²) in [5.74, 6) is -0.367. The molecule has 0 saturated carbocycles. The molecular formula is C14H19N3O5. The van der Waals surface area contributed by atoms with Crippen LogP contribution in [-0.2, 0) is 9.53 Å². The van der Waals surface area contributed by atoms with Crippen LogP contribution in [0.4, 0.5) is 0 Å². The second kappa shape index (κ2) is 6.59. The number of amides is 1. The van der Waals surface area contributed by atoms with Gasteiger partial charge in [0.05, 0.1) is 0 Å². The van der Waals surface area contributed by atoms with Crippen molar-refractivity contribution in [3.63, 3.8) is 0 Å². The van der Waals surface area contributed by atoms with Gasteiger partial charge in [-0.25, -0.2) is 9.59 Å². The zero-order valence-electron chi connectivity index (χ0n) is 12.5. The summed E-state index contributed by atoms with van der Waals surface area (Å²) in [6.07, 6.45) is 1.07. The fourth-order valence-corrected chi connectivity index (χ4v) is 2.74. The second-order valence-corrected chi connectivity index (χ2v) is 5.82. The van der Waals surface area contributed by atoms with Crippen LogP contribution in [0.1, 0.15) is 30.8 Å². The Bertz CT molecular complexity index is 639. The fourth-order valence-electron chi connectivity index (χ4n) is 2.74. The van der Waals surface area contributed by atoms with Gasteiger partial charge in [0.2, 0.25) is 0 Å². The first kappa shape index (κ1) is 16.0. The molecule has 1 aromatic heterocycles. The van der Waals surface area contributed by atoms with Crippen molar-refractivity contribution in [3.05, 3.63) is 32.6 Å². The zero-order valence-corrected chi connectivity index (χ0v) is 12.5. The lowest BCUT2D eigenvalue weighted by Gasteiger charge is -2.34. The van der Waals surface area contributed by atoms with E-state index in [0.717, 1.165) is 12.5 Å². The van der Waals surface area contributed by atoms with Gasteiger partial charge in [-0.05, 0) is 18.3 Å². The summed E-state index contributed by atoms with van der Waals surface area (Å²) >= 11 is 0. The number of ether oxygens (including phenoxy) is 1. The summed E-state index contributed by atoms with van der Waals surface area (Å²) in [4.78, 5) is 51.8. The van der Waals surface area contributed by atoms with E-state index in [2.05, 4.69) is 18.8 Å². The summed E-state index contributed by atoms with van der Waals surface area (Å²) < 4.78 is 4.87. The number of likely N-dealkylation sites (tertiary alicyclic amines) is 1. The highest BCUT2D eigenvalue weighted by Gasteiger charge is 2.26. The van der Waals surface area contributed by atoms with Crippen LogP contribution in [0, 0.1) is 11.8 Å². The van der Waals surface area contributed by atoms with Crippen molar-refractivity contribution in [3.8, 4) is 0 Å². The molecule has 1 fully saturated rings. The molecule has 1 aliphatic rings. The summed E-state index contributed by atoms with van der Waals surface area (Å²) in [7, 11) is 0. The Morgan fingerprint density at radius 3 is 2.45 bits per heavy atom. The van der Waals surface area contributed by atoms with Crippen LogP contribution >= 0.6 is 0 Å². The van der Waals surface area contributed by atoms with Gasteiger partial charge in [0.1, 0.15) is 5.69 Å². The number of hydrogen-bond acceptors (Lipinski definition) is 5. The van der Waals surface area contributed by atoms with Crippen molar-refractivity contribution in [2.45, 2.75) is 20.3 Å². The van der Waals surface area contributed by atoms with Crippen LogP contribution in [0.5, 0.6) is 0 Å². The maximum Gasteiger partial charge on any atom is 0.355 e. The lowest BCUT2D eigenvalue weighted by molar-refractivity contribution is -0.137. The molecule has 2 heterocycles. The standard InChI is InChI=1S/C14H19N3O5/c1-8-3-9(2)6-17(5-8)12(19)7-22-13(20)10-4-11(18)16-14(21)15-10/h4,8-9H,3,5-7H2,1-2H3,(H2,15,16,18,21)/t8-,9-/m0/s1. The number of piperidine rings is 1. The van der Waals surface area contributed by atoms with Crippen molar-refractivity contribution >= 4 is 11.9 Å². The predicted molar refractivity (Wildman–Crippen MR) is 77.5 cm³/mol. The van der Waals surface area contributed by atoms with E-state index < -0.39 is 23.8 Å². The highest BCUT2D eigenvalue weighted by Crippen LogP contribution is 2.20. The Kier molecular flexibility index (Phi) is 4.79. The van der Waals surface area contributed by atoms with E-state index in [4.69, 9.17) is 4.74 Å². The number of aromatic nitrogens is 2. The van der Waals surface area contributed by atoms with Gasteiger partial charge in [0.25, 0.3) is 11.5 Å². The van der Waals surface area contributed by atoms with Crippen LogP contribution in [0.25, 0.3) is 0 Å². The third-order valence-corrected chi connectivity index (χ3v) is 3.53. The van der Waals surface area contributed by atoms with Crippen LogP contribution in [-0.4, -0.2) is 46.4 Å². The third kappa shape index (κ3) is 4.06. The Balaban J connectivity index is 1.94. The summed E-state index contributed by atoms with van der Waals surface area (Å²) in [6, 6.07) is 0.916. The fraction of sp³-hybridized carbons (Fsp3) is 0.571. The Hall–Kier alpha value is -2.38. The quantitative estimate of drug-likeness (QED) is 0.746. The van der Waals surface area contributed by atoms with Gasteiger partial charge in [0.15, 0.2) is 6.61 Å². The van der Waals surface area contributed by atoms with Crippen molar-refractivity contribution in [2.24, 2.45) is 11.8 Å². The van der Waals surface area contributed by atoms with Gasteiger partial charge in [-0.2, -0.15) is 0 Å². The smallest absolute Gasteiger partial charge is 0.355 e. The minimum atomic E-state index is -0.908. The number of esters is 1. The number of aromatic amines is 2. The number of nitrogens with zero attached hydrogens (tertiary/aromatic N) is 1. The average molecular weight is 309 g/mol. The molecule has 2 atom stereocenters. The highest BCUT2D eigenvalue weighted by molar-refractivity contribution is 5.89. The highest BCUT2D eigenvalue weighted by atomic mass is 16.5. The minimum absolute atomic E-state index is 0.276. The molecule has 120 valence electrons. The molecule has 22 heavy (non-hydrogen) atoms. The molecule has 1 amide bonds. The van der Waals surface area contributed by atoms with E-state index in [-0.39, 0.29) is 11.6 Å². The SMILES string of the molecule is C[C@H]1C[C@H](C)CN(C(=O)COC(=O)c2cc(=O)[nH]c(=O)[nH]2)C1. The van der Waals surface area contributed by atoms with Gasteiger partial charge in [-0.3, -0.25) is 14.6 Å². The van der Waals surface area contributed by atoms with Crippen LogP contribution in [0.15, 0.2) is 15.7 Å². The van der Waals surface area contributed by atoms with E-state index >= 15 is 0 Å². The molecule has 0 spiro atoms. The molecule has 0 unspecified atom stereocenters. The van der Waals surface area contributed by atoms with Crippen LogP contribution < -0.4 is 11.2 Å². The van der Waals surface area contributed by atoms with Crippen molar-refractivity contribution in [1.82, 2.24) is 14.9 Å². The van der Waals surface area contributed by atoms with Gasteiger partial charge >= 0.3 is 11.7 Å². The average Bonchev–Trinajstić information content (AvgIpc) is 2.42. The molecule has 2 rings (SSSR count). The first-order valence-electron chi connectivity index (χ1n) is 7.13. The summed E-state index contributed by atoms with van der Waals surface area (Å²) in [6.45, 7) is 5.02. The molecule has 1 aliphatic heterocycles. The van der Waals surface area contributed by atoms with E-state index in [1.807, 2.05) is 4.98 Å². The Labute approximate surface area is 126 Å². The van der Waals surface area contributed by atoms with Crippen molar-refractivity contribution in [1.29, 1.82) is 0 Å². The van der Waals surface area contributed by atoms with Crippen molar-refractivity contribution in [2.75, 3.05) is 19.7 Å². The first-order valence-corrected chi connectivity index (χ1v) is 7.13. The molecule has 8 heteroatoms. The maximum absolute atomic E-state index is 12.1. The molecule has 2 N–H and O–H groups in total. The molecule has 0 bridgehead atoms. The van der Waals surface area contributed by atoms with Gasteiger partial charge in [-0.1, -0.05) is 13.8 Å². The number of H-pyrrole nitrogens is 2. The van der Waals surface area contributed by atoms with E-state index in [9.17, 15) is 19.2 Å². The molecule has 0 aromatic carbocycles. The normalized spacial score (nSPS) is 21.5. The molecule has 8 nitrogen and oxygen atoms in total. The summed E-state index contributed by atoms with van der Waals surface area (Å²) in [5.41, 5.74) is -1.79. The number of carbonyl (C=O) groups excluding carboxylic acids is 2. The minimum Gasteiger partial charge on any atom is -0.451 e. The first-order chi connectivity index (χ1) is 10.3. The van der Waals surface area contributed by atoms with Gasteiger partial charge < -0.3 is 14.6 Å². The maximum atomic E-state index is 12.1. The van der Waals surface area contributed by atoms with E-state index in [1.165, 1.54) is 0 Å². The number of nitrogens with one attached hydrogen (secondary N) is 2. The second-order valence-electron chi connectivity index (χ2n) is 5.82. The third-order valence-electron chi connectivity index (χ3n) is 3.53. The number of hydrogen-bond donors (Lipinski definition) is 2. The monoisotopic (exact) mass is 309 g/mol. The Morgan fingerprint density at radius 2 is 1.86 bits per heavy atom. The largest absolute Gasteiger partial charge is 0.451 e. The number of carbonyl (C=O) groups is 2. The number of rotatable bonds is 3. The molecule has 1 saturated heterocycles. The van der Waals surface area contributed by atoms with Crippen molar-refractivity contribution < 1.29 is 14.3 Å². The lowest BCUT2D eigenvalue weighted by atomic mass is 9.92. The topological polar surface area (TPSA) is 112 Å². The van der Waals surface area contributed by atoms with E-state index in [0.29, 0.717) is 24.9 Å². The molecule has 0 radical (unpaired) electrons. The van der Waals surface area contributed by atoms with Gasteiger partial charge in [-0.15, -0.1) is 0 Å². The van der Waals surface area contributed by atoms with Crippen LogP contribution in [0.3, 0.4) is 0 Å². The predicted octanol–water partition coefficient (Wildman–Crippen LogP) is -0.275. The summed E-state index contributed by atoms with van der Waals surface area (Å²) in [5, 5.41) is 0. The molecule has 0 aliphatic carbocycles. The lowest BCUT2D eigenvalue weighted by Crippen LogP contribution is -2.44. The molecule has 1 aromatic rings. The zero-order chi connectivity index (χ0) is 16.3. The van der Waals surface area contributed by atoms with E-state index in [1.54, 1.807) is 4.90 Å². The van der Waals surface area contributed by atoms with Crippen LogP contribution in [0.2, 0.25) is 0 Å². The molecular weight excluding hydrogens is 290 g/mol. The van der Waals surface area contributed by atoms with Gasteiger partial charge in [0, 0.05) is 19.2 Å². The Morgan fingerprint density at radius 1 is 1.23 bits per heavy atom.